The summed E-state index contributed by atoms with van der Waals surface area (Å²) in [6.45, 7) is 4.10. The van der Waals surface area contributed by atoms with E-state index in [-0.39, 0.29) is 36.4 Å². The van der Waals surface area contributed by atoms with Crippen LogP contribution in [0.5, 0.6) is 11.5 Å². The predicted molar refractivity (Wildman–Crippen MR) is 140 cm³/mol. The third-order valence-electron chi connectivity index (χ3n) is 4.68. The number of hydrogen-bond acceptors (Lipinski definition) is 4. The Morgan fingerprint density at radius 2 is 1.72 bits per heavy atom. The molecule has 0 atom stereocenters. The first-order chi connectivity index (χ1) is 15.2. The zero-order valence-electron chi connectivity index (χ0n) is 19.1. The number of aryl methyl sites for hydroxylation is 1. The van der Waals surface area contributed by atoms with Gasteiger partial charge in [-0.15, -0.1) is 24.0 Å². The van der Waals surface area contributed by atoms with E-state index in [1.54, 1.807) is 14.2 Å². The summed E-state index contributed by atoms with van der Waals surface area (Å²) < 4.78 is 11.0. The maximum atomic E-state index is 12.0. The molecule has 0 aliphatic rings. The van der Waals surface area contributed by atoms with Gasteiger partial charge in [0.05, 0.1) is 20.3 Å². The fourth-order valence-electron chi connectivity index (χ4n) is 3.08. The van der Waals surface area contributed by atoms with Crippen molar-refractivity contribution in [3.05, 3.63) is 59.7 Å². The van der Waals surface area contributed by atoms with Crippen molar-refractivity contribution in [3.8, 4) is 11.5 Å². The molecule has 2 rings (SSSR count). The van der Waals surface area contributed by atoms with Gasteiger partial charge in [-0.1, -0.05) is 36.4 Å². The Morgan fingerprint density at radius 1 is 0.938 bits per heavy atom. The summed E-state index contributed by atoms with van der Waals surface area (Å²) in [6.07, 6.45) is 2.63. The minimum absolute atomic E-state index is 0. The van der Waals surface area contributed by atoms with E-state index < -0.39 is 0 Å². The second-order valence-corrected chi connectivity index (χ2v) is 6.96. The van der Waals surface area contributed by atoms with Gasteiger partial charge >= 0.3 is 0 Å². The Bertz CT molecular complexity index is 831. The Morgan fingerprint density at radius 3 is 2.41 bits per heavy atom. The molecule has 0 fully saturated rings. The molecule has 0 aliphatic heterocycles. The van der Waals surface area contributed by atoms with E-state index >= 15 is 0 Å². The van der Waals surface area contributed by atoms with Gasteiger partial charge in [0.2, 0.25) is 5.91 Å². The van der Waals surface area contributed by atoms with Crippen LogP contribution < -0.4 is 25.4 Å². The Kier molecular flexibility index (Phi) is 13.9. The topological polar surface area (TPSA) is 84.0 Å². The summed E-state index contributed by atoms with van der Waals surface area (Å²) in [4.78, 5) is 16.2. The first-order valence-electron chi connectivity index (χ1n) is 10.7. The summed E-state index contributed by atoms with van der Waals surface area (Å²) >= 11 is 0. The quantitative estimate of drug-likeness (QED) is 0.163. The predicted octanol–water partition coefficient (Wildman–Crippen LogP) is 3.17. The van der Waals surface area contributed by atoms with Crippen molar-refractivity contribution in [2.24, 2.45) is 4.99 Å². The first-order valence-corrected chi connectivity index (χ1v) is 10.7. The molecular formula is C24H35IN4O3. The van der Waals surface area contributed by atoms with E-state index in [1.165, 1.54) is 11.1 Å². The van der Waals surface area contributed by atoms with Gasteiger partial charge < -0.3 is 25.4 Å². The van der Waals surface area contributed by atoms with Gasteiger partial charge in [0, 0.05) is 20.1 Å². The molecule has 3 N–H and O–H groups in total. The van der Waals surface area contributed by atoms with E-state index in [9.17, 15) is 4.79 Å². The summed E-state index contributed by atoms with van der Waals surface area (Å²) in [5.41, 5.74) is 2.39. The normalized spacial score (nSPS) is 10.7. The summed E-state index contributed by atoms with van der Waals surface area (Å²) in [5, 5.41) is 9.21. The fraction of sp³-hybridized carbons (Fsp3) is 0.417. The van der Waals surface area contributed by atoms with Crippen LogP contribution in [-0.2, 0) is 17.6 Å². The van der Waals surface area contributed by atoms with Crippen LogP contribution in [0.25, 0.3) is 0 Å². The molecule has 2 aromatic rings. The standard InChI is InChI=1S/C24H34N4O3.HI/c1-4-31-22-17-20(12-13-21(22)30-3)11-8-15-27-24(25-2)28-18-23(29)26-16-14-19-9-6-5-7-10-19;/h5-7,9-10,12-13,17H,4,8,11,14-16,18H2,1-3H3,(H,26,29)(H2,25,27,28);1H. The molecule has 176 valence electrons. The number of nitrogens with zero attached hydrogens (tertiary/aromatic N) is 1. The summed E-state index contributed by atoms with van der Waals surface area (Å²) in [5.74, 6) is 2.07. The van der Waals surface area contributed by atoms with Crippen LogP contribution >= 0.6 is 24.0 Å². The van der Waals surface area contributed by atoms with Crippen LogP contribution in [0.15, 0.2) is 53.5 Å². The first kappa shape index (κ1) is 27.5. The molecule has 2 aromatic carbocycles. The lowest BCUT2D eigenvalue weighted by Gasteiger charge is -2.13. The highest BCUT2D eigenvalue weighted by Crippen LogP contribution is 2.28. The number of hydrogen-bond donors (Lipinski definition) is 3. The molecule has 0 spiro atoms. The van der Waals surface area contributed by atoms with Gasteiger partial charge in [-0.3, -0.25) is 9.79 Å². The highest BCUT2D eigenvalue weighted by atomic mass is 127. The van der Waals surface area contributed by atoms with Crippen molar-refractivity contribution in [1.82, 2.24) is 16.0 Å². The number of halogens is 1. The van der Waals surface area contributed by atoms with Crippen LogP contribution in [-0.4, -0.2) is 52.3 Å². The van der Waals surface area contributed by atoms with Crippen molar-refractivity contribution in [3.63, 3.8) is 0 Å². The van der Waals surface area contributed by atoms with Crippen molar-refractivity contribution in [2.75, 3.05) is 40.4 Å². The van der Waals surface area contributed by atoms with Crippen molar-refractivity contribution < 1.29 is 14.3 Å². The number of amides is 1. The zero-order chi connectivity index (χ0) is 22.3. The van der Waals surface area contributed by atoms with Gasteiger partial charge in [-0.05, 0) is 49.4 Å². The second-order valence-electron chi connectivity index (χ2n) is 6.96. The molecule has 0 aromatic heterocycles. The van der Waals surface area contributed by atoms with E-state index in [0.29, 0.717) is 19.1 Å². The molecule has 0 saturated carbocycles. The van der Waals surface area contributed by atoms with Gasteiger partial charge in [-0.25, -0.2) is 0 Å². The number of carbonyl (C=O) groups is 1. The molecule has 7 nitrogen and oxygen atoms in total. The molecule has 0 radical (unpaired) electrons. The number of nitrogens with one attached hydrogen (secondary N) is 3. The van der Waals surface area contributed by atoms with Crippen molar-refractivity contribution >= 4 is 35.8 Å². The van der Waals surface area contributed by atoms with E-state index in [2.05, 4.69) is 33.1 Å². The van der Waals surface area contributed by atoms with Gasteiger partial charge in [-0.2, -0.15) is 0 Å². The van der Waals surface area contributed by atoms with Crippen molar-refractivity contribution in [2.45, 2.75) is 26.2 Å². The number of ether oxygens (including phenoxy) is 2. The smallest absolute Gasteiger partial charge is 0.239 e. The summed E-state index contributed by atoms with van der Waals surface area (Å²) in [6, 6.07) is 16.1. The lowest BCUT2D eigenvalue weighted by molar-refractivity contribution is -0.119. The average Bonchev–Trinajstić information content (AvgIpc) is 2.79. The number of methoxy groups -OCH3 is 1. The fourth-order valence-corrected chi connectivity index (χ4v) is 3.08. The molecule has 0 saturated heterocycles. The molecule has 0 bridgehead atoms. The molecule has 0 heterocycles. The second kappa shape index (κ2) is 16.2. The lowest BCUT2D eigenvalue weighted by Crippen LogP contribution is -2.43. The lowest BCUT2D eigenvalue weighted by atomic mass is 10.1. The van der Waals surface area contributed by atoms with Crippen LogP contribution in [0.3, 0.4) is 0 Å². The van der Waals surface area contributed by atoms with Crippen LogP contribution in [0.4, 0.5) is 0 Å². The number of benzene rings is 2. The molecular weight excluding hydrogens is 519 g/mol. The minimum atomic E-state index is -0.0550. The highest BCUT2D eigenvalue weighted by Gasteiger charge is 2.06. The molecule has 32 heavy (non-hydrogen) atoms. The third-order valence-corrected chi connectivity index (χ3v) is 4.68. The SMILES string of the molecule is CCOc1cc(CCCNC(=NC)NCC(=O)NCCc2ccccc2)ccc1OC.I. The summed E-state index contributed by atoms with van der Waals surface area (Å²) in [7, 11) is 3.34. The Balaban J connectivity index is 0.00000512. The third kappa shape index (κ3) is 10.2. The van der Waals surface area contributed by atoms with E-state index in [1.807, 2.05) is 43.3 Å². The van der Waals surface area contributed by atoms with Gasteiger partial charge in [0.25, 0.3) is 0 Å². The minimum Gasteiger partial charge on any atom is -0.493 e. The van der Waals surface area contributed by atoms with E-state index in [4.69, 9.17) is 9.47 Å². The maximum Gasteiger partial charge on any atom is 0.239 e. The molecule has 0 aliphatic carbocycles. The van der Waals surface area contributed by atoms with Crippen LogP contribution in [0.2, 0.25) is 0 Å². The molecule has 8 heteroatoms. The largest absolute Gasteiger partial charge is 0.493 e. The highest BCUT2D eigenvalue weighted by molar-refractivity contribution is 14.0. The molecule has 0 unspecified atom stereocenters. The number of guanidine groups is 1. The van der Waals surface area contributed by atoms with Crippen molar-refractivity contribution in [1.29, 1.82) is 0 Å². The number of rotatable bonds is 12. The van der Waals surface area contributed by atoms with Gasteiger partial charge in [0.15, 0.2) is 17.5 Å². The maximum absolute atomic E-state index is 12.0. The number of carbonyl (C=O) groups excluding carboxylic acids is 1. The van der Waals surface area contributed by atoms with Crippen LogP contribution in [0.1, 0.15) is 24.5 Å². The van der Waals surface area contributed by atoms with E-state index in [0.717, 1.165) is 37.3 Å². The Labute approximate surface area is 208 Å². The average molecular weight is 554 g/mol. The number of aliphatic imine (C=N–C) groups is 1. The molecule has 1 amide bonds. The monoisotopic (exact) mass is 554 g/mol. The zero-order valence-corrected chi connectivity index (χ0v) is 21.5. The van der Waals surface area contributed by atoms with Gasteiger partial charge in [0.1, 0.15) is 0 Å². The van der Waals surface area contributed by atoms with Crippen LogP contribution in [0, 0.1) is 0 Å². The Hall–Kier alpha value is -2.49.